The molecular weight excluding hydrogens is 412 g/mol. The van der Waals surface area contributed by atoms with E-state index < -0.39 is 0 Å². The van der Waals surface area contributed by atoms with E-state index in [9.17, 15) is 14.4 Å². The highest BCUT2D eigenvalue weighted by Gasteiger charge is 2.42. The van der Waals surface area contributed by atoms with Crippen molar-refractivity contribution in [1.82, 2.24) is 9.80 Å². The molecule has 2 aliphatic heterocycles. The molecule has 8 nitrogen and oxygen atoms in total. The summed E-state index contributed by atoms with van der Waals surface area (Å²) in [5.74, 6) is 1.20. The summed E-state index contributed by atoms with van der Waals surface area (Å²) < 4.78 is 16.2. The van der Waals surface area contributed by atoms with Gasteiger partial charge in [-0.25, -0.2) is 0 Å². The van der Waals surface area contributed by atoms with Crippen LogP contribution in [-0.2, 0) is 25.7 Å². The maximum atomic E-state index is 12.6. The van der Waals surface area contributed by atoms with Crippen molar-refractivity contribution in [1.29, 1.82) is 0 Å². The number of ether oxygens (including phenoxy) is 3. The predicted molar refractivity (Wildman–Crippen MR) is 114 cm³/mol. The number of esters is 1. The summed E-state index contributed by atoms with van der Waals surface area (Å²) >= 11 is 0. The van der Waals surface area contributed by atoms with Crippen molar-refractivity contribution < 1.29 is 28.6 Å². The van der Waals surface area contributed by atoms with Crippen LogP contribution >= 0.6 is 0 Å². The molecule has 2 heterocycles. The number of piperazine rings is 1. The zero-order chi connectivity index (χ0) is 22.1. The number of carbonyl (C=O) groups excluding carboxylic acids is 3. The van der Waals surface area contributed by atoms with Gasteiger partial charge in [-0.3, -0.25) is 19.3 Å². The van der Waals surface area contributed by atoms with Gasteiger partial charge < -0.3 is 19.1 Å². The van der Waals surface area contributed by atoms with E-state index in [0.717, 1.165) is 56.0 Å². The van der Waals surface area contributed by atoms with Gasteiger partial charge in [0.2, 0.25) is 6.79 Å². The minimum absolute atomic E-state index is 0.00795. The number of carbonyl (C=O) groups is 3. The van der Waals surface area contributed by atoms with E-state index >= 15 is 0 Å². The van der Waals surface area contributed by atoms with Crippen LogP contribution in [0.4, 0.5) is 0 Å². The lowest BCUT2D eigenvalue weighted by Gasteiger charge is -2.37. The van der Waals surface area contributed by atoms with Gasteiger partial charge in [-0.2, -0.15) is 0 Å². The lowest BCUT2D eigenvalue weighted by molar-refractivity contribution is -0.159. The van der Waals surface area contributed by atoms with Gasteiger partial charge in [0.15, 0.2) is 18.1 Å². The van der Waals surface area contributed by atoms with Gasteiger partial charge in [-0.05, 0) is 43.4 Å². The molecule has 2 atom stereocenters. The first-order valence-electron chi connectivity index (χ1n) is 11.7. The molecule has 2 bridgehead atoms. The van der Waals surface area contributed by atoms with Crippen molar-refractivity contribution in [2.45, 2.75) is 38.6 Å². The molecule has 3 fully saturated rings. The summed E-state index contributed by atoms with van der Waals surface area (Å²) in [5, 5.41) is 0. The smallest absolute Gasteiger partial charge is 0.309 e. The first-order chi connectivity index (χ1) is 15.6. The van der Waals surface area contributed by atoms with Crippen LogP contribution in [0.25, 0.3) is 0 Å². The van der Waals surface area contributed by atoms with Crippen LogP contribution in [0.5, 0.6) is 11.5 Å². The van der Waals surface area contributed by atoms with Crippen LogP contribution < -0.4 is 9.47 Å². The fraction of sp³-hybridized carbons (Fsp3) is 0.625. The number of Topliss-reactive ketones (excluding diaryl/α,β-unsaturated/α-hetero) is 1. The zero-order valence-electron chi connectivity index (χ0n) is 18.3. The highest BCUT2D eigenvalue weighted by atomic mass is 16.7. The second-order valence-electron chi connectivity index (χ2n) is 9.35. The van der Waals surface area contributed by atoms with E-state index in [1.54, 1.807) is 4.90 Å². The summed E-state index contributed by atoms with van der Waals surface area (Å²) in [5.41, 5.74) is 1.15. The number of nitrogens with zero attached hydrogens (tertiary/aromatic N) is 2. The summed E-state index contributed by atoms with van der Waals surface area (Å²) in [6.45, 7) is 3.61. The Morgan fingerprint density at radius 1 is 1.00 bits per heavy atom. The monoisotopic (exact) mass is 442 g/mol. The van der Waals surface area contributed by atoms with Gasteiger partial charge in [0.25, 0.3) is 5.91 Å². The Hall–Kier alpha value is -2.61. The van der Waals surface area contributed by atoms with Gasteiger partial charge in [0.1, 0.15) is 5.78 Å². The Labute approximate surface area is 187 Å². The van der Waals surface area contributed by atoms with E-state index in [1.165, 1.54) is 0 Å². The average molecular weight is 443 g/mol. The second-order valence-corrected chi connectivity index (χ2v) is 9.35. The number of hydrogen-bond acceptors (Lipinski definition) is 7. The summed E-state index contributed by atoms with van der Waals surface area (Å²) in [6, 6.07) is 5.98. The highest BCUT2D eigenvalue weighted by molar-refractivity contribution is 5.88. The molecule has 1 aromatic rings. The molecule has 1 saturated heterocycles. The third-order valence-corrected chi connectivity index (χ3v) is 7.29. The maximum absolute atomic E-state index is 12.6. The van der Waals surface area contributed by atoms with E-state index in [-0.39, 0.29) is 43.0 Å². The minimum atomic E-state index is -0.316. The van der Waals surface area contributed by atoms with E-state index in [0.29, 0.717) is 31.7 Å². The van der Waals surface area contributed by atoms with Crippen LogP contribution in [0, 0.1) is 17.8 Å². The predicted octanol–water partition coefficient (Wildman–Crippen LogP) is 2.00. The standard InChI is InChI=1S/C24H30N2O6/c27-22(14-30-24(29)19-11-17-2-1-3-18(12-19)23(17)28)26-8-6-25(7-9-26)13-16-4-5-20-21(10-16)32-15-31-20/h4-5,10,17-19H,1-3,6-9,11-15H2. The first kappa shape index (κ1) is 21.2. The molecule has 0 spiro atoms. The normalized spacial score (nSPS) is 27.3. The first-order valence-corrected chi connectivity index (χ1v) is 11.7. The lowest BCUT2D eigenvalue weighted by Crippen LogP contribution is -2.49. The van der Waals surface area contributed by atoms with Crippen LogP contribution in [0.1, 0.15) is 37.7 Å². The van der Waals surface area contributed by atoms with Gasteiger partial charge in [0.05, 0.1) is 5.92 Å². The number of rotatable bonds is 5. The van der Waals surface area contributed by atoms with Gasteiger partial charge in [-0.1, -0.05) is 12.5 Å². The highest BCUT2D eigenvalue weighted by Crippen LogP contribution is 2.40. The Bertz CT molecular complexity index is 878. The fourth-order valence-corrected chi connectivity index (χ4v) is 5.47. The third kappa shape index (κ3) is 4.46. The summed E-state index contributed by atoms with van der Waals surface area (Å²) in [4.78, 5) is 41.4. The molecule has 172 valence electrons. The van der Waals surface area contributed by atoms with Crippen molar-refractivity contribution in [3.05, 3.63) is 23.8 Å². The molecule has 0 aromatic heterocycles. The van der Waals surface area contributed by atoms with Crippen LogP contribution in [-0.4, -0.2) is 67.0 Å². The summed E-state index contributed by atoms with van der Waals surface area (Å²) in [7, 11) is 0. The third-order valence-electron chi connectivity index (χ3n) is 7.29. The van der Waals surface area contributed by atoms with Crippen molar-refractivity contribution in [3.63, 3.8) is 0 Å². The van der Waals surface area contributed by atoms with E-state index in [1.807, 2.05) is 18.2 Å². The number of fused-ring (bicyclic) bond motifs is 3. The molecule has 1 amide bonds. The Morgan fingerprint density at radius 3 is 2.47 bits per heavy atom. The Balaban J connectivity index is 1.05. The van der Waals surface area contributed by atoms with Crippen LogP contribution in [0.2, 0.25) is 0 Å². The lowest BCUT2D eigenvalue weighted by atomic mass is 9.67. The van der Waals surface area contributed by atoms with E-state index in [4.69, 9.17) is 14.2 Å². The van der Waals surface area contributed by atoms with Crippen molar-refractivity contribution in [2.24, 2.45) is 17.8 Å². The molecule has 0 N–H and O–H groups in total. The topological polar surface area (TPSA) is 85.4 Å². The molecule has 2 aliphatic carbocycles. The maximum Gasteiger partial charge on any atom is 0.309 e. The van der Waals surface area contributed by atoms with Crippen LogP contribution in [0.3, 0.4) is 0 Å². The quantitative estimate of drug-likeness (QED) is 0.645. The fourth-order valence-electron chi connectivity index (χ4n) is 5.47. The summed E-state index contributed by atoms with van der Waals surface area (Å²) in [6.07, 6.45) is 4.01. The second kappa shape index (κ2) is 9.10. The molecule has 32 heavy (non-hydrogen) atoms. The molecule has 5 rings (SSSR count). The Kier molecular flexibility index (Phi) is 6.04. The van der Waals surface area contributed by atoms with Gasteiger partial charge in [-0.15, -0.1) is 0 Å². The molecule has 4 aliphatic rings. The molecule has 8 heteroatoms. The number of amides is 1. The molecular formula is C24H30N2O6. The number of ketones is 1. The molecule has 2 saturated carbocycles. The molecule has 2 unspecified atom stereocenters. The van der Waals surface area contributed by atoms with Crippen molar-refractivity contribution in [3.8, 4) is 11.5 Å². The van der Waals surface area contributed by atoms with E-state index in [2.05, 4.69) is 4.90 Å². The SMILES string of the molecule is O=C(OCC(=O)N1CCN(Cc2ccc3c(c2)OCO3)CC1)C1CC2CCCC(C1)C2=O. The average Bonchev–Trinajstić information content (AvgIpc) is 3.25. The van der Waals surface area contributed by atoms with Crippen molar-refractivity contribution >= 4 is 17.7 Å². The molecule has 1 aromatic carbocycles. The minimum Gasteiger partial charge on any atom is -0.455 e. The number of benzene rings is 1. The van der Waals surface area contributed by atoms with Gasteiger partial charge in [0, 0.05) is 44.6 Å². The largest absolute Gasteiger partial charge is 0.455 e. The molecule has 0 radical (unpaired) electrons. The number of hydrogen-bond donors (Lipinski definition) is 0. The van der Waals surface area contributed by atoms with Crippen LogP contribution in [0.15, 0.2) is 18.2 Å². The zero-order valence-corrected chi connectivity index (χ0v) is 18.3. The van der Waals surface area contributed by atoms with Gasteiger partial charge >= 0.3 is 5.97 Å². The Morgan fingerprint density at radius 2 is 1.72 bits per heavy atom. The van der Waals surface area contributed by atoms with Crippen molar-refractivity contribution in [2.75, 3.05) is 39.6 Å².